The maximum atomic E-state index is 12.8. The molecule has 0 atom stereocenters. The molecule has 0 bridgehead atoms. The van der Waals surface area contributed by atoms with Crippen molar-refractivity contribution in [1.82, 2.24) is 9.88 Å². The molecule has 24 heavy (non-hydrogen) atoms. The monoisotopic (exact) mass is 367 g/mol. The minimum Gasteiger partial charge on any atom is -0.469 e. The molecule has 1 amide bonds. The summed E-state index contributed by atoms with van der Waals surface area (Å²) in [6, 6.07) is 1.93. The van der Waals surface area contributed by atoms with Crippen LogP contribution in [0.5, 0.6) is 5.88 Å². The number of ether oxygens (including phenoxy) is 1. The molecule has 1 aromatic heterocycles. The van der Waals surface area contributed by atoms with Crippen LogP contribution in [0.1, 0.15) is 42.7 Å². The third-order valence-electron chi connectivity index (χ3n) is 3.50. The van der Waals surface area contributed by atoms with Crippen molar-refractivity contribution in [2.75, 3.05) is 19.6 Å². The Bertz CT molecular complexity index is 594. The van der Waals surface area contributed by atoms with Gasteiger partial charge in [0.05, 0.1) is 6.54 Å². The number of alkyl halides is 3. The van der Waals surface area contributed by atoms with Crippen molar-refractivity contribution in [2.24, 2.45) is 5.73 Å². The number of hydrogen-bond donors (Lipinski definition) is 1. The van der Waals surface area contributed by atoms with E-state index in [4.69, 9.17) is 10.5 Å². The zero-order chi connectivity index (χ0) is 17.3. The van der Waals surface area contributed by atoms with Gasteiger partial charge >= 0.3 is 6.18 Å². The van der Waals surface area contributed by atoms with Gasteiger partial charge in [-0.3, -0.25) is 4.79 Å². The van der Waals surface area contributed by atoms with Crippen molar-refractivity contribution < 1.29 is 22.7 Å². The van der Waals surface area contributed by atoms with Crippen LogP contribution in [0.2, 0.25) is 0 Å². The van der Waals surface area contributed by atoms with Crippen LogP contribution in [-0.2, 0) is 6.18 Å². The third-order valence-corrected chi connectivity index (χ3v) is 3.50. The SMILES string of the molecule is CC1(C)CN(CCCCN)C(=O)c2ccc(C(F)(F)F)nc2O1.Cl. The molecule has 2 N–H and O–H groups in total. The number of amides is 1. The van der Waals surface area contributed by atoms with Crippen LogP contribution in [0.3, 0.4) is 0 Å². The quantitative estimate of drug-likeness (QED) is 0.831. The number of fused-ring (bicyclic) bond motifs is 1. The van der Waals surface area contributed by atoms with Crippen molar-refractivity contribution in [1.29, 1.82) is 0 Å². The molecule has 1 aromatic rings. The molecule has 0 fully saturated rings. The average Bonchev–Trinajstić information content (AvgIpc) is 2.52. The Labute approximate surface area is 144 Å². The minimum absolute atomic E-state index is 0. The fourth-order valence-corrected chi connectivity index (χ4v) is 2.46. The fourth-order valence-electron chi connectivity index (χ4n) is 2.46. The second-order valence-corrected chi connectivity index (χ2v) is 6.13. The number of pyridine rings is 1. The summed E-state index contributed by atoms with van der Waals surface area (Å²) in [5.74, 6) is -0.639. The Balaban J connectivity index is 0.00000288. The molecule has 1 aliphatic rings. The van der Waals surface area contributed by atoms with Crippen molar-refractivity contribution in [3.63, 3.8) is 0 Å². The van der Waals surface area contributed by atoms with Gasteiger partial charge in [0.25, 0.3) is 5.91 Å². The van der Waals surface area contributed by atoms with Crippen molar-refractivity contribution >= 4 is 18.3 Å². The van der Waals surface area contributed by atoms with Gasteiger partial charge in [-0.05, 0) is 45.4 Å². The Morgan fingerprint density at radius 1 is 1.33 bits per heavy atom. The molecule has 0 aliphatic carbocycles. The topological polar surface area (TPSA) is 68.5 Å². The van der Waals surface area contributed by atoms with E-state index in [2.05, 4.69) is 4.98 Å². The molecule has 2 heterocycles. The maximum absolute atomic E-state index is 12.8. The smallest absolute Gasteiger partial charge is 0.433 e. The number of carbonyl (C=O) groups is 1. The van der Waals surface area contributed by atoms with Gasteiger partial charge in [-0.25, -0.2) is 4.98 Å². The molecule has 0 saturated heterocycles. The highest BCUT2D eigenvalue weighted by Gasteiger charge is 2.38. The van der Waals surface area contributed by atoms with Crippen LogP contribution in [-0.4, -0.2) is 41.0 Å². The van der Waals surface area contributed by atoms with Crippen LogP contribution in [0.4, 0.5) is 13.2 Å². The second kappa shape index (κ2) is 7.57. The third kappa shape index (κ3) is 4.73. The molecule has 0 aromatic carbocycles. The molecule has 0 saturated carbocycles. The van der Waals surface area contributed by atoms with Gasteiger partial charge in [0.15, 0.2) is 0 Å². The number of carbonyl (C=O) groups excluding carboxylic acids is 1. The van der Waals surface area contributed by atoms with E-state index in [1.54, 1.807) is 18.7 Å². The molecular weight excluding hydrogens is 347 g/mol. The fraction of sp³-hybridized carbons (Fsp3) is 0.600. The summed E-state index contributed by atoms with van der Waals surface area (Å²) < 4.78 is 44.0. The lowest BCUT2D eigenvalue weighted by Gasteiger charge is -2.29. The summed E-state index contributed by atoms with van der Waals surface area (Å²) in [7, 11) is 0. The largest absolute Gasteiger partial charge is 0.469 e. The predicted octanol–water partition coefficient (Wildman–Crippen LogP) is 2.87. The van der Waals surface area contributed by atoms with Crippen molar-refractivity contribution in [3.8, 4) is 5.88 Å². The van der Waals surface area contributed by atoms with Gasteiger partial charge in [-0.2, -0.15) is 13.2 Å². The summed E-state index contributed by atoms with van der Waals surface area (Å²) in [6.45, 7) is 4.70. The number of hydrogen-bond acceptors (Lipinski definition) is 4. The Kier molecular flexibility index (Phi) is 6.46. The number of rotatable bonds is 4. The van der Waals surface area contributed by atoms with E-state index in [-0.39, 0.29) is 36.3 Å². The van der Waals surface area contributed by atoms with Crippen LogP contribution in [0.25, 0.3) is 0 Å². The standard InChI is InChI=1S/C15H20F3N3O2.ClH/c1-14(2)9-21(8-4-3-7-19)13(22)10-5-6-11(15(16,17)18)20-12(10)23-14;/h5-6H,3-4,7-9,19H2,1-2H3;1H. The van der Waals surface area contributed by atoms with E-state index in [0.29, 0.717) is 13.1 Å². The highest BCUT2D eigenvalue weighted by atomic mass is 35.5. The molecular formula is C15H21ClF3N3O2. The van der Waals surface area contributed by atoms with Crippen LogP contribution >= 0.6 is 12.4 Å². The lowest BCUT2D eigenvalue weighted by atomic mass is 10.1. The van der Waals surface area contributed by atoms with E-state index < -0.39 is 17.5 Å². The van der Waals surface area contributed by atoms with Crippen molar-refractivity contribution in [3.05, 3.63) is 23.4 Å². The van der Waals surface area contributed by atoms with E-state index in [1.807, 2.05) is 0 Å². The van der Waals surface area contributed by atoms with Crippen LogP contribution in [0.15, 0.2) is 12.1 Å². The minimum atomic E-state index is -4.58. The summed E-state index contributed by atoms with van der Waals surface area (Å²) in [6.07, 6.45) is -3.09. The first-order valence-corrected chi connectivity index (χ1v) is 7.41. The average molecular weight is 368 g/mol. The lowest BCUT2D eigenvalue weighted by molar-refractivity contribution is -0.141. The lowest BCUT2D eigenvalue weighted by Crippen LogP contribution is -2.43. The number of halogens is 4. The molecule has 136 valence electrons. The molecule has 9 heteroatoms. The first-order valence-electron chi connectivity index (χ1n) is 7.41. The predicted molar refractivity (Wildman–Crippen MR) is 85.4 cm³/mol. The summed E-state index contributed by atoms with van der Waals surface area (Å²) in [5.41, 5.74) is 3.60. The molecule has 0 unspecified atom stereocenters. The molecule has 5 nitrogen and oxygen atoms in total. The van der Waals surface area contributed by atoms with Crippen molar-refractivity contribution in [2.45, 2.75) is 38.5 Å². The Hall–Kier alpha value is -1.54. The van der Waals surface area contributed by atoms with Gasteiger partial charge in [-0.15, -0.1) is 12.4 Å². The van der Waals surface area contributed by atoms with Crippen LogP contribution in [0, 0.1) is 0 Å². The summed E-state index contributed by atoms with van der Waals surface area (Å²) in [4.78, 5) is 17.7. The van der Waals surface area contributed by atoms with E-state index in [0.717, 1.165) is 25.0 Å². The highest BCUT2D eigenvalue weighted by molar-refractivity contribution is 5.96. The first kappa shape index (κ1) is 20.5. The van der Waals surface area contributed by atoms with Gasteiger partial charge in [0.2, 0.25) is 5.88 Å². The first-order chi connectivity index (χ1) is 10.6. The zero-order valence-electron chi connectivity index (χ0n) is 13.5. The zero-order valence-corrected chi connectivity index (χ0v) is 14.3. The van der Waals surface area contributed by atoms with E-state index >= 15 is 0 Å². The van der Waals surface area contributed by atoms with E-state index in [9.17, 15) is 18.0 Å². The molecule has 2 rings (SSSR count). The van der Waals surface area contributed by atoms with Crippen LogP contribution < -0.4 is 10.5 Å². The number of nitrogens with two attached hydrogens (primary N) is 1. The molecule has 0 spiro atoms. The summed E-state index contributed by atoms with van der Waals surface area (Å²) in [5, 5.41) is 0. The number of unbranched alkanes of at least 4 members (excludes halogenated alkanes) is 1. The molecule has 1 aliphatic heterocycles. The van der Waals surface area contributed by atoms with Gasteiger partial charge in [-0.1, -0.05) is 0 Å². The highest BCUT2D eigenvalue weighted by Crippen LogP contribution is 2.33. The van der Waals surface area contributed by atoms with Gasteiger partial charge < -0.3 is 15.4 Å². The maximum Gasteiger partial charge on any atom is 0.433 e. The Morgan fingerprint density at radius 3 is 2.58 bits per heavy atom. The van der Waals surface area contributed by atoms with Gasteiger partial charge in [0.1, 0.15) is 16.9 Å². The second-order valence-electron chi connectivity index (χ2n) is 6.13. The summed E-state index contributed by atoms with van der Waals surface area (Å²) >= 11 is 0. The Morgan fingerprint density at radius 2 is 2.00 bits per heavy atom. The number of aromatic nitrogens is 1. The van der Waals surface area contributed by atoms with E-state index in [1.165, 1.54) is 0 Å². The van der Waals surface area contributed by atoms with Gasteiger partial charge in [0, 0.05) is 6.54 Å². The number of nitrogens with zero attached hydrogens (tertiary/aromatic N) is 2. The normalized spacial score (nSPS) is 16.8. The molecule has 0 radical (unpaired) electrons.